The van der Waals surface area contributed by atoms with Crippen LogP contribution in [0.4, 0.5) is 13.2 Å². The van der Waals surface area contributed by atoms with E-state index in [0.29, 0.717) is 11.5 Å². The molecule has 1 fully saturated rings. The first-order valence-corrected chi connectivity index (χ1v) is 7.84. The van der Waals surface area contributed by atoms with Crippen molar-refractivity contribution >= 4 is 10.1 Å². The van der Waals surface area contributed by atoms with Gasteiger partial charge in [0, 0.05) is 5.56 Å². The van der Waals surface area contributed by atoms with E-state index in [1.807, 2.05) is 6.07 Å². The van der Waals surface area contributed by atoms with Crippen LogP contribution in [0.3, 0.4) is 0 Å². The van der Waals surface area contributed by atoms with Gasteiger partial charge in [0.1, 0.15) is 5.75 Å². The van der Waals surface area contributed by atoms with Crippen molar-refractivity contribution < 1.29 is 25.8 Å². The fourth-order valence-corrected chi connectivity index (χ4v) is 3.76. The number of hydrogen-bond donors (Lipinski definition) is 0. The topological polar surface area (TPSA) is 43.4 Å². The Balaban J connectivity index is 2.03. The molecule has 3 aliphatic rings. The summed E-state index contributed by atoms with van der Waals surface area (Å²) in [6.45, 7) is 0. The van der Waals surface area contributed by atoms with E-state index in [0.717, 1.165) is 31.2 Å². The van der Waals surface area contributed by atoms with Crippen molar-refractivity contribution in [1.29, 1.82) is 0 Å². The van der Waals surface area contributed by atoms with Crippen molar-refractivity contribution in [2.45, 2.75) is 43.0 Å². The maximum Gasteiger partial charge on any atom is 0.534 e. The summed E-state index contributed by atoms with van der Waals surface area (Å²) in [4.78, 5) is 0. The zero-order valence-corrected chi connectivity index (χ0v) is 11.3. The van der Waals surface area contributed by atoms with E-state index in [1.165, 1.54) is 6.07 Å². The molecule has 20 heavy (non-hydrogen) atoms. The van der Waals surface area contributed by atoms with Crippen LogP contribution in [0, 0.1) is 0 Å². The Morgan fingerprint density at radius 3 is 2.25 bits per heavy atom. The summed E-state index contributed by atoms with van der Waals surface area (Å²) < 4.78 is 64.0. The van der Waals surface area contributed by atoms with Gasteiger partial charge in [-0.15, -0.1) is 0 Å². The van der Waals surface area contributed by atoms with Gasteiger partial charge in [0.05, 0.1) is 0 Å². The van der Waals surface area contributed by atoms with Crippen molar-refractivity contribution in [1.82, 2.24) is 0 Å². The summed E-state index contributed by atoms with van der Waals surface area (Å²) in [7, 11) is -5.60. The summed E-state index contributed by atoms with van der Waals surface area (Å²) in [5, 5.41) is 0. The molecule has 1 aromatic rings. The van der Waals surface area contributed by atoms with E-state index >= 15 is 0 Å². The molecule has 0 aliphatic heterocycles. The van der Waals surface area contributed by atoms with Crippen LogP contribution in [0.15, 0.2) is 18.2 Å². The second kappa shape index (κ2) is 4.38. The van der Waals surface area contributed by atoms with E-state index in [4.69, 9.17) is 0 Å². The molecule has 2 bridgehead atoms. The standard InChI is InChI=1S/C13H13F3O3S/c14-13(15,16)20(17,18)19-11-3-1-2-10-8-4-6-9(7-5-8)12(10)11/h1-3,8-9H,4-7H2. The first-order valence-electron chi connectivity index (χ1n) is 6.43. The van der Waals surface area contributed by atoms with Gasteiger partial charge in [-0.25, -0.2) is 0 Å². The Hall–Kier alpha value is -1.24. The zero-order valence-electron chi connectivity index (χ0n) is 10.5. The lowest BCUT2D eigenvalue weighted by Crippen LogP contribution is -2.29. The number of fused-ring (bicyclic) bond motifs is 2. The van der Waals surface area contributed by atoms with Crippen LogP contribution in [0.1, 0.15) is 48.6 Å². The van der Waals surface area contributed by atoms with Gasteiger partial charge in [0.25, 0.3) is 0 Å². The zero-order chi connectivity index (χ0) is 14.5. The van der Waals surface area contributed by atoms with E-state index in [1.54, 1.807) is 6.07 Å². The first kappa shape index (κ1) is 13.7. The molecule has 0 atom stereocenters. The molecule has 1 aromatic carbocycles. The van der Waals surface area contributed by atoms with Crippen molar-refractivity contribution in [3.63, 3.8) is 0 Å². The Kier molecular flexibility index (Phi) is 3.00. The fraction of sp³-hybridized carbons (Fsp3) is 0.538. The lowest BCUT2D eigenvalue weighted by molar-refractivity contribution is -0.0500. The summed E-state index contributed by atoms with van der Waals surface area (Å²) in [5.41, 5.74) is -3.80. The average molecular weight is 306 g/mol. The van der Waals surface area contributed by atoms with E-state index in [2.05, 4.69) is 4.18 Å². The molecular formula is C13H13F3O3S. The minimum atomic E-state index is -5.60. The molecule has 1 saturated carbocycles. The van der Waals surface area contributed by atoms with Crippen molar-refractivity contribution in [2.24, 2.45) is 0 Å². The molecule has 0 amide bonds. The smallest absolute Gasteiger partial charge is 0.376 e. The number of halogens is 3. The van der Waals surface area contributed by atoms with E-state index < -0.39 is 15.6 Å². The van der Waals surface area contributed by atoms with Gasteiger partial charge >= 0.3 is 15.6 Å². The first-order chi connectivity index (χ1) is 9.29. The summed E-state index contributed by atoms with van der Waals surface area (Å²) in [5.74, 6) is 0.260. The molecule has 3 nitrogen and oxygen atoms in total. The normalized spacial score (nSPS) is 25.4. The van der Waals surface area contributed by atoms with Gasteiger partial charge in [-0.05, 0) is 49.1 Å². The Labute approximate surface area is 114 Å². The van der Waals surface area contributed by atoms with Gasteiger partial charge in [0.15, 0.2) is 0 Å². The van der Waals surface area contributed by atoms with Crippen LogP contribution in [0.2, 0.25) is 0 Å². The molecule has 0 unspecified atom stereocenters. The number of rotatable bonds is 2. The summed E-state index contributed by atoms with van der Waals surface area (Å²) in [6.07, 6.45) is 3.77. The van der Waals surface area contributed by atoms with E-state index in [-0.39, 0.29) is 11.7 Å². The highest BCUT2D eigenvalue weighted by Gasteiger charge is 2.49. The largest absolute Gasteiger partial charge is 0.534 e. The highest BCUT2D eigenvalue weighted by atomic mass is 32.2. The van der Waals surface area contributed by atoms with Crippen LogP contribution in [-0.4, -0.2) is 13.9 Å². The Morgan fingerprint density at radius 2 is 1.65 bits per heavy atom. The van der Waals surface area contributed by atoms with Crippen LogP contribution >= 0.6 is 0 Å². The SMILES string of the molecule is O=S(=O)(Oc1cccc2c1C1CCC2CC1)C(F)(F)F. The Morgan fingerprint density at radius 1 is 1.05 bits per heavy atom. The molecular weight excluding hydrogens is 293 g/mol. The van der Waals surface area contributed by atoms with Crippen LogP contribution in [0.25, 0.3) is 0 Å². The Bertz CT molecular complexity index is 629. The van der Waals surface area contributed by atoms with Gasteiger partial charge < -0.3 is 4.18 Å². The van der Waals surface area contributed by atoms with Crippen molar-refractivity contribution in [3.05, 3.63) is 29.3 Å². The average Bonchev–Trinajstić information content (AvgIpc) is 2.38. The third kappa shape index (κ3) is 2.08. The summed E-state index contributed by atoms with van der Waals surface area (Å²) in [6, 6.07) is 4.72. The quantitative estimate of drug-likeness (QED) is 0.618. The minimum Gasteiger partial charge on any atom is -0.376 e. The van der Waals surface area contributed by atoms with Gasteiger partial charge in [0.2, 0.25) is 0 Å². The third-order valence-corrected chi connectivity index (χ3v) is 5.12. The molecule has 7 heteroatoms. The predicted octanol–water partition coefficient (Wildman–Crippen LogP) is 3.67. The van der Waals surface area contributed by atoms with Crippen LogP contribution in [-0.2, 0) is 10.1 Å². The molecule has 3 aliphatic carbocycles. The lowest BCUT2D eigenvalue weighted by atomic mass is 9.67. The second-order valence-corrected chi connectivity index (χ2v) is 6.83. The molecule has 0 aromatic heterocycles. The monoisotopic (exact) mass is 306 g/mol. The van der Waals surface area contributed by atoms with E-state index in [9.17, 15) is 21.6 Å². The molecule has 0 heterocycles. The number of hydrogen-bond acceptors (Lipinski definition) is 3. The highest BCUT2D eigenvalue weighted by Crippen LogP contribution is 2.52. The maximum atomic E-state index is 12.4. The molecule has 0 saturated heterocycles. The van der Waals surface area contributed by atoms with Crippen LogP contribution < -0.4 is 4.18 Å². The fourth-order valence-electron chi connectivity index (χ4n) is 3.29. The van der Waals surface area contributed by atoms with Crippen LogP contribution in [0.5, 0.6) is 5.75 Å². The molecule has 0 radical (unpaired) electrons. The van der Waals surface area contributed by atoms with Gasteiger partial charge in [-0.1, -0.05) is 12.1 Å². The van der Waals surface area contributed by atoms with Crippen molar-refractivity contribution in [2.75, 3.05) is 0 Å². The minimum absolute atomic E-state index is 0.106. The number of alkyl halides is 3. The second-order valence-electron chi connectivity index (χ2n) is 5.29. The van der Waals surface area contributed by atoms with Gasteiger partial charge in [-0.2, -0.15) is 21.6 Å². The van der Waals surface area contributed by atoms with Crippen molar-refractivity contribution in [3.8, 4) is 5.75 Å². The highest BCUT2D eigenvalue weighted by molar-refractivity contribution is 7.88. The summed E-state index contributed by atoms with van der Waals surface area (Å²) >= 11 is 0. The number of benzene rings is 1. The molecule has 0 spiro atoms. The molecule has 110 valence electrons. The molecule has 4 rings (SSSR count). The lowest BCUT2D eigenvalue weighted by Gasteiger charge is -2.38. The maximum absolute atomic E-state index is 12.4. The molecule has 0 N–H and O–H groups in total. The van der Waals surface area contributed by atoms with Gasteiger partial charge in [-0.3, -0.25) is 0 Å². The predicted molar refractivity (Wildman–Crippen MR) is 66.0 cm³/mol. The third-order valence-electron chi connectivity index (χ3n) is 4.16.